The van der Waals surface area contributed by atoms with Gasteiger partial charge in [0.05, 0.1) is 0 Å². The van der Waals surface area contributed by atoms with Crippen LogP contribution >= 0.6 is 0 Å². The molecule has 0 amide bonds. The highest BCUT2D eigenvalue weighted by molar-refractivity contribution is 6.08. The Kier molecular flexibility index (Phi) is 5.16. The van der Waals surface area contributed by atoms with Crippen LogP contribution in [0.3, 0.4) is 0 Å². The number of rotatable bonds is 6. The van der Waals surface area contributed by atoms with Crippen molar-refractivity contribution in [1.82, 2.24) is 10.2 Å². The van der Waals surface area contributed by atoms with Gasteiger partial charge in [0.1, 0.15) is 11.6 Å². The first-order valence-corrected chi connectivity index (χ1v) is 9.06. The van der Waals surface area contributed by atoms with Gasteiger partial charge in [-0.3, -0.25) is 4.79 Å². The van der Waals surface area contributed by atoms with E-state index in [1.54, 1.807) is 31.2 Å². The summed E-state index contributed by atoms with van der Waals surface area (Å²) in [6.07, 6.45) is -0.460. The number of carbonyl (C=O) groups is 1. The standard InChI is InChI=1S/C23H17FN2O3/c1-15(22-25-26-23(29-22)18-5-3-2-4-6-18)28-20-13-9-17(10-14-20)21(27)16-7-11-19(24)12-8-16/h2-15H,1H3. The van der Waals surface area contributed by atoms with Gasteiger partial charge in [0.2, 0.25) is 5.89 Å². The summed E-state index contributed by atoms with van der Waals surface area (Å²) in [6.45, 7) is 1.81. The Balaban J connectivity index is 1.44. The first-order chi connectivity index (χ1) is 14.1. The van der Waals surface area contributed by atoms with Gasteiger partial charge in [-0.2, -0.15) is 0 Å². The van der Waals surface area contributed by atoms with E-state index < -0.39 is 6.10 Å². The number of hydrogen-bond donors (Lipinski definition) is 0. The number of hydrogen-bond acceptors (Lipinski definition) is 5. The second-order valence-corrected chi connectivity index (χ2v) is 6.43. The van der Waals surface area contributed by atoms with E-state index >= 15 is 0 Å². The maximum Gasteiger partial charge on any atom is 0.257 e. The van der Waals surface area contributed by atoms with E-state index in [9.17, 15) is 9.18 Å². The first-order valence-electron chi connectivity index (χ1n) is 9.06. The Labute approximate surface area is 166 Å². The molecule has 1 unspecified atom stereocenters. The van der Waals surface area contributed by atoms with Gasteiger partial charge in [0, 0.05) is 16.7 Å². The van der Waals surface area contributed by atoms with Gasteiger partial charge < -0.3 is 9.15 Å². The van der Waals surface area contributed by atoms with Crippen molar-refractivity contribution < 1.29 is 18.3 Å². The zero-order valence-corrected chi connectivity index (χ0v) is 15.6. The quantitative estimate of drug-likeness (QED) is 0.422. The highest BCUT2D eigenvalue weighted by Gasteiger charge is 2.17. The molecule has 0 aliphatic heterocycles. The number of carbonyl (C=O) groups excluding carboxylic acids is 1. The lowest BCUT2D eigenvalue weighted by Crippen LogP contribution is -2.05. The minimum absolute atomic E-state index is 0.186. The molecule has 0 saturated carbocycles. The second-order valence-electron chi connectivity index (χ2n) is 6.43. The van der Waals surface area contributed by atoms with Crippen LogP contribution in [0.2, 0.25) is 0 Å². The molecule has 0 radical (unpaired) electrons. The lowest BCUT2D eigenvalue weighted by atomic mass is 10.0. The van der Waals surface area contributed by atoms with Crippen LogP contribution in [0.4, 0.5) is 4.39 Å². The molecule has 0 bridgehead atoms. The Morgan fingerprint density at radius 3 is 2.17 bits per heavy atom. The number of benzene rings is 3. The maximum absolute atomic E-state index is 13.0. The number of ether oxygens (including phenoxy) is 1. The number of ketones is 1. The van der Waals surface area contributed by atoms with Crippen LogP contribution < -0.4 is 4.74 Å². The fraction of sp³-hybridized carbons (Fsp3) is 0.0870. The Hall–Kier alpha value is -3.80. The fourth-order valence-corrected chi connectivity index (χ4v) is 2.80. The summed E-state index contributed by atoms with van der Waals surface area (Å²) < 4.78 is 24.6. The molecule has 1 aromatic heterocycles. The molecule has 4 rings (SSSR count). The van der Waals surface area contributed by atoms with Crippen molar-refractivity contribution >= 4 is 5.78 Å². The van der Waals surface area contributed by atoms with Gasteiger partial charge in [-0.05, 0) is 67.6 Å². The van der Waals surface area contributed by atoms with E-state index in [1.165, 1.54) is 24.3 Å². The molecular formula is C23H17FN2O3. The maximum atomic E-state index is 13.0. The Morgan fingerprint density at radius 2 is 1.52 bits per heavy atom. The molecule has 1 heterocycles. The largest absolute Gasteiger partial charge is 0.481 e. The normalized spacial score (nSPS) is 11.8. The summed E-state index contributed by atoms with van der Waals surface area (Å²) >= 11 is 0. The average molecular weight is 388 g/mol. The predicted molar refractivity (Wildman–Crippen MR) is 105 cm³/mol. The fourth-order valence-electron chi connectivity index (χ4n) is 2.80. The lowest BCUT2D eigenvalue weighted by molar-refractivity contribution is 0.103. The monoisotopic (exact) mass is 388 g/mol. The van der Waals surface area contributed by atoms with Crippen LogP contribution in [0.1, 0.15) is 34.8 Å². The van der Waals surface area contributed by atoms with Gasteiger partial charge in [0.25, 0.3) is 5.89 Å². The van der Waals surface area contributed by atoms with Crippen molar-refractivity contribution in [2.75, 3.05) is 0 Å². The van der Waals surface area contributed by atoms with Crippen molar-refractivity contribution in [1.29, 1.82) is 0 Å². The van der Waals surface area contributed by atoms with E-state index in [0.717, 1.165) is 5.56 Å². The molecule has 4 aromatic rings. The topological polar surface area (TPSA) is 65.2 Å². The molecule has 29 heavy (non-hydrogen) atoms. The third-order valence-electron chi connectivity index (χ3n) is 4.34. The van der Waals surface area contributed by atoms with Gasteiger partial charge in [-0.15, -0.1) is 10.2 Å². The number of aromatic nitrogens is 2. The van der Waals surface area contributed by atoms with Crippen LogP contribution in [-0.2, 0) is 0 Å². The summed E-state index contributed by atoms with van der Waals surface area (Å²) in [5.41, 5.74) is 1.75. The minimum atomic E-state index is -0.460. The summed E-state index contributed by atoms with van der Waals surface area (Å²) in [5.74, 6) is 0.781. The van der Waals surface area contributed by atoms with Gasteiger partial charge in [-0.25, -0.2) is 4.39 Å². The summed E-state index contributed by atoms with van der Waals surface area (Å²) in [4.78, 5) is 12.5. The molecule has 0 N–H and O–H groups in total. The Bertz CT molecular complexity index is 1110. The van der Waals surface area contributed by atoms with E-state index in [2.05, 4.69) is 10.2 Å². The van der Waals surface area contributed by atoms with E-state index in [0.29, 0.717) is 28.7 Å². The molecule has 6 heteroatoms. The molecule has 0 spiro atoms. The van der Waals surface area contributed by atoms with Crippen LogP contribution in [0.5, 0.6) is 5.75 Å². The zero-order chi connectivity index (χ0) is 20.2. The van der Waals surface area contributed by atoms with Crippen molar-refractivity contribution in [2.24, 2.45) is 0 Å². The molecule has 0 fully saturated rings. The van der Waals surface area contributed by atoms with Gasteiger partial charge in [-0.1, -0.05) is 18.2 Å². The lowest BCUT2D eigenvalue weighted by Gasteiger charge is -2.11. The molecule has 1 atom stereocenters. The Morgan fingerprint density at radius 1 is 0.897 bits per heavy atom. The van der Waals surface area contributed by atoms with Crippen LogP contribution in [0, 0.1) is 5.82 Å². The van der Waals surface area contributed by atoms with Crippen molar-refractivity contribution in [3.8, 4) is 17.2 Å². The van der Waals surface area contributed by atoms with E-state index in [-0.39, 0.29) is 11.6 Å². The van der Waals surface area contributed by atoms with Crippen LogP contribution in [0.25, 0.3) is 11.5 Å². The summed E-state index contributed by atoms with van der Waals surface area (Å²) in [6, 6.07) is 21.7. The first kappa shape index (κ1) is 18.6. The molecule has 0 saturated heterocycles. The number of nitrogens with zero attached hydrogens (tertiary/aromatic N) is 2. The number of halogens is 1. The smallest absolute Gasteiger partial charge is 0.257 e. The molecule has 5 nitrogen and oxygen atoms in total. The average Bonchev–Trinajstić information content (AvgIpc) is 3.26. The predicted octanol–water partition coefficient (Wildman–Crippen LogP) is 5.25. The zero-order valence-electron chi connectivity index (χ0n) is 15.6. The van der Waals surface area contributed by atoms with E-state index in [4.69, 9.17) is 9.15 Å². The second kappa shape index (κ2) is 8.06. The molecule has 0 aliphatic rings. The molecular weight excluding hydrogens is 371 g/mol. The van der Waals surface area contributed by atoms with Crippen molar-refractivity contribution in [3.05, 3.63) is 102 Å². The summed E-state index contributed by atoms with van der Waals surface area (Å²) in [7, 11) is 0. The summed E-state index contributed by atoms with van der Waals surface area (Å²) in [5, 5.41) is 8.11. The third-order valence-corrected chi connectivity index (χ3v) is 4.34. The van der Waals surface area contributed by atoms with Crippen LogP contribution in [-0.4, -0.2) is 16.0 Å². The minimum Gasteiger partial charge on any atom is -0.481 e. The van der Waals surface area contributed by atoms with Crippen LogP contribution in [0.15, 0.2) is 83.3 Å². The molecule has 3 aromatic carbocycles. The highest BCUT2D eigenvalue weighted by atomic mass is 19.1. The molecule has 0 aliphatic carbocycles. The van der Waals surface area contributed by atoms with Gasteiger partial charge >= 0.3 is 0 Å². The van der Waals surface area contributed by atoms with Crippen molar-refractivity contribution in [2.45, 2.75) is 13.0 Å². The third kappa shape index (κ3) is 4.21. The van der Waals surface area contributed by atoms with Gasteiger partial charge in [0.15, 0.2) is 11.9 Å². The van der Waals surface area contributed by atoms with E-state index in [1.807, 2.05) is 30.3 Å². The highest BCUT2D eigenvalue weighted by Crippen LogP contribution is 2.25. The van der Waals surface area contributed by atoms with Crippen molar-refractivity contribution in [3.63, 3.8) is 0 Å². The SMILES string of the molecule is CC(Oc1ccc(C(=O)c2ccc(F)cc2)cc1)c1nnc(-c2ccccc2)o1. The molecule has 144 valence electrons.